The molecule has 3 aliphatic rings. The van der Waals surface area contributed by atoms with Crippen LogP contribution in [0.5, 0.6) is 0 Å². The SMILES string of the molecule is O=C1CCOC2(CCCC(C3CC3)C2)C1. The summed E-state index contributed by atoms with van der Waals surface area (Å²) in [6.07, 6.45) is 9.15. The molecule has 0 radical (unpaired) electrons. The maximum absolute atomic E-state index is 11.5. The second-order valence-electron chi connectivity index (χ2n) is 5.69. The van der Waals surface area contributed by atoms with Gasteiger partial charge >= 0.3 is 0 Å². The van der Waals surface area contributed by atoms with Crippen LogP contribution in [-0.4, -0.2) is 18.0 Å². The van der Waals surface area contributed by atoms with Gasteiger partial charge in [-0.15, -0.1) is 0 Å². The fourth-order valence-corrected chi connectivity index (χ4v) is 3.51. The quantitative estimate of drug-likeness (QED) is 0.662. The Kier molecular flexibility index (Phi) is 2.35. The van der Waals surface area contributed by atoms with Crippen molar-refractivity contribution < 1.29 is 9.53 Å². The van der Waals surface area contributed by atoms with Crippen LogP contribution >= 0.6 is 0 Å². The first kappa shape index (κ1) is 9.83. The van der Waals surface area contributed by atoms with Gasteiger partial charge < -0.3 is 4.74 Å². The fourth-order valence-electron chi connectivity index (χ4n) is 3.51. The zero-order valence-corrected chi connectivity index (χ0v) is 9.34. The van der Waals surface area contributed by atoms with Crippen molar-refractivity contribution in [2.45, 2.75) is 57.0 Å². The fraction of sp³-hybridized carbons (Fsp3) is 0.923. The Hall–Kier alpha value is -0.370. The van der Waals surface area contributed by atoms with Gasteiger partial charge in [0.15, 0.2) is 0 Å². The lowest BCUT2D eigenvalue weighted by atomic mass is 9.72. The van der Waals surface area contributed by atoms with Crippen molar-refractivity contribution in [3.05, 3.63) is 0 Å². The van der Waals surface area contributed by atoms with E-state index in [9.17, 15) is 4.79 Å². The first-order valence-electron chi connectivity index (χ1n) is 6.43. The molecule has 0 aromatic heterocycles. The van der Waals surface area contributed by atoms with Gasteiger partial charge in [-0.2, -0.15) is 0 Å². The van der Waals surface area contributed by atoms with E-state index in [0.29, 0.717) is 25.2 Å². The van der Waals surface area contributed by atoms with E-state index in [-0.39, 0.29) is 5.60 Å². The monoisotopic (exact) mass is 208 g/mol. The zero-order chi connectivity index (χ0) is 10.3. The van der Waals surface area contributed by atoms with Crippen LogP contribution in [0.25, 0.3) is 0 Å². The lowest BCUT2D eigenvalue weighted by Crippen LogP contribution is -2.44. The Labute approximate surface area is 91.4 Å². The van der Waals surface area contributed by atoms with Gasteiger partial charge in [0.2, 0.25) is 0 Å². The molecular weight excluding hydrogens is 188 g/mol. The van der Waals surface area contributed by atoms with Crippen molar-refractivity contribution in [3.8, 4) is 0 Å². The maximum Gasteiger partial charge on any atom is 0.138 e. The topological polar surface area (TPSA) is 26.3 Å². The van der Waals surface area contributed by atoms with E-state index in [0.717, 1.165) is 18.3 Å². The van der Waals surface area contributed by atoms with Crippen LogP contribution in [0, 0.1) is 11.8 Å². The highest BCUT2D eigenvalue weighted by Gasteiger charge is 2.44. The molecule has 1 saturated heterocycles. The number of ether oxygens (including phenoxy) is 1. The molecule has 0 aromatic rings. The predicted molar refractivity (Wildman–Crippen MR) is 57.6 cm³/mol. The summed E-state index contributed by atoms with van der Waals surface area (Å²) in [5.41, 5.74) is -0.0269. The van der Waals surface area contributed by atoms with Gasteiger partial charge in [0.25, 0.3) is 0 Å². The van der Waals surface area contributed by atoms with Crippen LogP contribution < -0.4 is 0 Å². The first-order valence-corrected chi connectivity index (χ1v) is 6.43. The summed E-state index contributed by atoms with van der Waals surface area (Å²) in [4.78, 5) is 11.5. The van der Waals surface area contributed by atoms with E-state index in [1.165, 1.54) is 32.1 Å². The van der Waals surface area contributed by atoms with E-state index >= 15 is 0 Å². The molecule has 0 N–H and O–H groups in total. The number of ketones is 1. The van der Waals surface area contributed by atoms with Gasteiger partial charge in [-0.25, -0.2) is 0 Å². The number of Topliss-reactive ketones (excluding diaryl/α,β-unsaturated/α-hetero) is 1. The van der Waals surface area contributed by atoms with Crippen molar-refractivity contribution in [3.63, 3.8) is 0 Å². The molecule has 0 aromatic carbocycles. The van der Waals surface area contributed by atoms with Crippen LogP contribution in [0.1, 0.15) is 51.4 Å². The molecule has 2 nitrogen and oxygen atoms in total. The van der Waals surface area contributed by atoms with Gasteiger partial charge in [-0.3, -0.25) is 4.79 Å². The third-order valence-corrected chi connectivity index (χ3v) is 4.44. The number of hydrogen-bond acceptors (Lipinski definition) is 2. The smallest absolute Gasteiger partial charge is 0.138 e. The Morgan fingerprint density at radius 3 is 2.80 bits per heavy atom. The number of rotatable bonds is 1. The molecule has 84 valence electrons. The van der Waals surface area contributed by atoms with Gasteiger partial charge in [0, 0.05) is 12.8 Å². The van der Waals surface area contributed by atoms with Crippen LogP contribution in [0.2, 0.25) is 0 Å². The van der Waals surface area contributed by atoms with E-state index in [4.69, 9.17) is 4.74 Å². The molecule has 2 aliphatic carbocycles. The Morgan fingerprint density at radius 1 is 1.20 bits per heavy atom. The molecule has 1 heterocycles. The zero-order valence-electron chi connectivity index (χ0n) is 9.34. The molecule has 0 bridgehead atoms. The minimum Gasteiger partial charge on any atom is -0.374 e. The average Bonchev–Trinajstić information content (AvgIpc) is 3.00. The summed E-state index contributed by atoms with van der Waals surface area (Å²) in [7, 11) is 0. The van der Waals surface area contributed by atoms with Crippen molar-refractivity contribution in [1.82, 2.24) is 0 Å². The second kappa shape index (κ2) is 3.58. The second-order valence-corrected chi connectivity index (χ2v) is 5.69. The van der Waals surface area contributed by atoms with Crippen LogP contribution in [0.15, 0.2) is 0 Å². The highest BCUT2D eigenvalue weighted by atomic mass is 16.5. The highest BCUT2D eigenvalue weighted by molar-refractivity contribution is 5.80. The molecule has 1 spiro atoms. The molecule has 2 atom stereocenters. The molecular formula is C13H20O2. The molecule has 3 rings (SSSR count). The normalized spacial score (nSPS) is 42.1. The van der Waals surface area contributed by atoms with Crippen molar-refractivity contribution >= 4 is 5.78 Å². The lowest BCUT2D eigenvalue weighted by Gasteiger charge is -2.43. The van der Waals surface area contributed by atoms with Gasteiger partial charge in [-0.1, -0.05) is 6.42 Å². The van der Waals surface area contributed by atoms with Gasteiger partial charge in [-0.05, 0) is 43.9 Å². The van der Waals surface area contributed by atoms with Crippen LogP contribution in [-0.2, 0) is 9.53 Å². The highest BCUT2D eigenvalue weighted by Crippen LogP contribution is 2.49. The van der Waals surface area contributed by atoms with Crippen LogP contribution in [0.4, 0.5) is 0 Å². The summed E-state index contributed by atoms with van der Waals surface area (Å²) >= 11 is 0. The predicted octanol–water partition coefficient (Wildman–Crippen LogP) is 2.70. The summed E-state index contributed by atoms with van der Waals surface area (Å²) in [6.45, 7) is 0.677. The van der Waals surface area contributed by atoms with Crippen molar-refractivity contribution in [1.29, 1.82) is 0 Å². The van der Waals surface area contributed by atoms with E-state index in [2.05, 4.69) is 0 Å². The van der Waals surface area contributed by atoms with Gasteiger partial charge in [0.1, 0.15) is 5.78 Å². The van der Waals surface area contributed by atoms with Crippen LogP contribution in [0.3, 0.4) is 0 Å². The minimum absolute atomic E-state index is 0.0269. The summed E-state index contributed by atoms with van der Waals surface area (Å²) < 4.78 is 5.96. The number of hydrogen-bond donors (Lipinski definition) is 0. The number of carbonyl (C=O) groups excluding carboxylic acids is 1. The largest absolute Gasteiger partial charge is 0.374 e. The van der Waals surface area contributed by atoms with E-state index in [1.807, 2.05) is 0 Å². The average molecular weight is 208 g/mol. The third kappa shape index (κ3) is 1.96. The Balaban J connectivity index is 1.70. The molecule has 15 heavy (non-hydrogen) atoms. The minimum atomic E-state index is -0.0269. The first-order chi connectivity index (χ1) is 7.27. The molecule has 2 heteroatoms. The number of carbonyl (C=O) groups is 1. The molecule has 2 saturated carbocycles. The van der Waals surface area contributed by atoms with E-state index < -0.39 is 0 Å². The Morgan fingerprint density at radius 2 is 2.07 bits per heavy atom. The molecule has 2 unspecified atom stereocenters. The molecule has 1 aliphatic heterocycles. The maximum atomic E-state index is 11.5. The van der Waals surface area contributed by atoms with E-state index in [1.54, 1.807) is 0 Å². The standard InChI is InChI=1S/C13H20O2/c14-12-5-7-15-13(9-12)6-1-2-11(8-13)10-3-4-10/h10-11H,1-9H2. The van der Waals surface area contributed by atoms with Crippen molar-refractivity contribution in [2.24, 2.45) is 11.8 Å². The third-order valence-electron chi connectivity index (χ3n) is 4.44. The molecule has 0 amide bonds. The lowest BCUT2D eigenvalue weighted by molar-refractivity contribution is -0.148. The summed E-state index contributed by atoms with van der Waals surface area (Å²) in [5, 5.41) is 0. The summed E-state index contributed by atoms with van der Waals surface area (Å²) in [5.74, 6) is 2.27. The Bertz CT molecular complexity index is 266. The van der Waals surface area contributed by atoms with Gasteiger partial charge in [0.05, 0.1) is 12.2 Å². The molecule has 3 fully saturated rings. The van der Waals surface area contributed by atoms with Crippen molar-refractivity contribution in [2.75, 3.05) is 6.61 Å². The summed E-state index contributed by atoms with van der Waals surface area (Å²) in [6, 6.07) is 0.